The van der Waals surface area contributed by atoms with E-state index in [1.54, 1.807) is 18.2 Å². The molecule has 0 spiro atoms. The molecule has 1 amide bonds. The molecule has 1 N–H and O–H groups in total. The van der Waals surface area contributed by atoms with Gasteiger partial charge in [-0.05, 0) is 60.0 Å². The molecule has 3 aromatic carbocycles. The Balaban J connectivity index is 1.77. The zero-order chi connectivity index (χ0) is 23.0. The normalized spacial score (nSPS) is 11.4. The third kappa shape index (κ3) is 6.07. The number of hydrogen-bond acceptors (Lipinski definition) is 3. The second-order valence-corrected chi connectivity index (χ2v) is 9.59. The van der Waals surface area contributed by atoms with Crippen LogP contribution in [-0.2, 0) is 14.8 Å². The van der Waals surface area contributed by atoms with Crippen LogP contribution in [-0.4, -0.2) is 27.4 Å². The van der Waals surface area contributed by atoms with E-state index < -0.39 is 15.8 Å². The van der Waals surface area contributed by atoms with Crippen LogP contribution in [0.2, 0.25) is 0 Å². The van der Waals surface area contributed by atoms with Crippen molar-refractivity contribution in [2.45, 2.75) is 43.9 Å². The Bertz CT molecular complexity index is 1150. The summed E-state index contributed by atoms with van der Waals surface area (Å²) in [6.07, 6.45) is 3.82. The summed E-state index contributed by atoms with van der Waals surface area (Å²) in [6.45, 7) is 2.61. The van der Waals surface area contributed by atoms with Gasteiger partial charge in [-0.1, -0.05) is 50.1 Å². The fraction of sp³-hybridized carbons (Fsp3) is 0.320. The predicted molar refractivity (Wildman–Crippen MR) is 127 cm³/mol. The lowest BCUT2D eigenvalue weighted by molar-refractivity contribution is -0.121. The summed E-state index contributed by atoms with van der Waals surface area (Å²) in [5.74, 6) is -0.458. The van der Waals surface area contributed by atoms with Crippen molar-refractivity contribution in [2.75, 3.05) is 17.4 Å². The van der Waals surface area contributed by atoms with Crippen LogP contribution in [0.15, 0.2) is 71.6 Å². The minimum Gasteiger partial charge on any atom is -0.356 e. The largest absolute Gasteiger partial charge is 0.356 e. The number of halogens is 1. The average molecular weight is 457 g/mol. The molecule has 5 nitrogen and oxygen atoms in total. The van der Waals surface area contributed by atoms with Crippen LogP contribution in [0.3, 0.4) is 0 Å². The first kappa shape index (κ1) is 23.7. The number of carbonyl (C=O) groups is 1. The molecule has 0 aliphatic carbocycles. The summed E-state index contributed by atoms with van der Waals surface area (Å²) in [6, 6.07) is 18.0. The van der Waals surface area contributed by atoms with Crippen molar-refractivity contribution in [2.24, 2.45) is 0 Å². The molecule has 0 unspecified atom stereocenters. The Labute approximate surface area is 189 Å². The molecular weight excluding hydrogens is 427 g/mol. The quantitative estimate of drug-likeness (QED) is 0.400. The van der Waals surface area contributed by atoms with E-state index in [2.05, 4.69) is 12.2 Å². The van der Waals surface area contributed by atoms with Gasteiger partial charge in [0.25, 0.3) is 10.0 Å². The summed E-state index contributed by atoms with van der Waals surface area (Å²) in [5, 5.41) is 4.63. The monoisotopic (exact) mass is 456 g/mol. The molecule has 170 valence electrons. The van der Waals surface area contributed by atoms with Crippen LogP contribution in [0, 0.1) is 5.82 Å². The van der Waals surface area contributed by atoms with Crippen LogP contribution in [0.1, 0.15) is 39.0 Å². The first-order valence-electron chi connectivity index (χ1n) is 11.0. The number of rotatable bonds is 11. The number of fused-ring (bicyclic) bond motifs is 1. The molecule has 0 aliphatic rings. The van der Waals surface area contributed by atoms with E-state index in [4.69, 9.17) is 0 Å². The fourth-order valence-corrected chi connectivity index (χ4v) is 5.06. The topological polar surface area (TPSA) is 66.5 Å². The second kappa shape index (κ2) is 11.1. The highest BCUT2D eigenvalue weighted by molar-refractivity contribution is 7.92. The van der Waals surface area contributed by atoms with Gasteiger partial charge < -0.3 is 5.32 Å². The van der Waals surface area contributed by atoms with Crippen LogP contribution in [0.25, 0.3) is 10.8 Å². The van der Waals surface area contributed by atoms with E-state index in [9.17, 15) is 17.6 Å². The van der Waals surface area contributed by atoms with Crippen molar-refractivity contribution in [3.63, 3.8) is 0 Å². The van der Waals surface area contributed by atoms with Crippen molar-refractivity contribution in [3.8, 4) is 0 Å². The van der Waals surface area contributed by atoms with E-state index in [1.807, 2.05) is 24.3 Å². The number of anilines is 1. The number of hydrogen-bond donors (Lipinski definition) is 1. The lowest BCUT2D eigenvalue weighted by atomic mass is 10.1. The number of sulfonamides is 1. The number of benzene rings is 3. The lowest BCUT2D eigenvalue weighted by Crippen LogP contribution is -2.34. The van der Waals surface area contributed by atoms with E-state index in [0.29, 0.717) is 25.1 Å². The zero-order valence-corrected chi connectivity index (χ0v) is 19.1. The number of amides is 1. The molecule has 0 aromatic heterocycles. The van der Waals surface area contributed by atoms with Gasteiger partial charge in [-0.25, -0.2) is 12.8 Å². The van der Waals surface area contributed by atoms with Gasteiger partial charge in [0.15, 0.2) is 0 Å². The van der Waals surface area contributed by atoms with Gasteiger partial charge in [-0.2, -0.15) is 0 Å². The maximum absolute atomic E-state index is 13.5. The molecule has 3 aromatic rings. The van der Waals surface area contributed by atoms with Crippen molar-refractivity contribution < 1.29 is 17.6 Å². The number of nitrogens with one attached hydrogen (secondary N) is 1. The maximum atomic E-state index is 13.5. The molecule has 32 heavy (non-hydrogen) atoms. The lowest BCUT2D eigenvalue weighted by Gasteiger charge is -2.25. The van der Waals surface area contributed by atoms with Crippen molar-refractivity contribution in [3.05, 3.63) is 72.5 Å². The average Bonchev–Trinajstić information content (AvgIpc) is 2.79. The Morgan fingerprint density at radius 1 is 0.938 bits per heavy atom. The maximum Gasteiger partial charge on any atom is 0.264 e. The van der Waals surface area contributed by atoms with E-state index in [-0.39, 0.29) is 17.3 Å². The summed E-state index contributed by atoms with van der Waals surface area (Å²) in [4.78, 5) is 12.1. The van der Waals surface area contributed by atoms with Crippen molar-refractivity contribution in [1.82, 2.24) is 5.32 Å². The Hall–Kier alpha value is -2.93. The molecule has 0 bridgehead atoms. The highest BCUT2D eigenvalue weighted by Gasteiger charge is 2.25. The standard InChI is InChI=1S/C25H29FN2O3S/c1-2-3-4-10-25(29)27-17-7-18-28(23-14-12-22(26)13-15-23)32(30,31)24-16-11-20-8-5-6-9-21(20)19-24/h5-6,8-9,11-16,19H,2-4,7,10,17-18H2,1H3,(H,27,29). The SMILES string of the molecule is CCCCCC(=O)NCCCN(c1ccc(F)cc1)S(=O)(=O)c1ccc2ccccc2c1. The zero-order valence-electron chi connectivity index (χ0n) is 18.3. The minimum absolute atomic E-state index is 0.0239. The molecule has 0 atom stereocenters. The predicted octanol–water partition coefficient (Wildman–Crippen LogP) is 5.26. The first-order chi connectivity index (χ1) is 15.4. The fourth-order valence-electron chi connectivity index (χ4n) is 3.52. The van der Waals surface area contributed by atoms with Crippen LogP contribution < -0.4 is 9.62 Å². The highest BCUT2D eigenvalue weighted by Crippen LogP contribution is 2.26. The minimum atomic E-state index is -3.88. The van der Waals surface area contributed by atoms with E-state index in [0.717, 1.165) is 30.0 Å². The molecule has 0 radical (unpaired) electrons. The van der Waals surface area contributed by atoms with Gasteiger partial charge in [-0.15, -0.1) is 0 Å². The summed E-state index contributed by atoms with van der Waals surface area (Å²) < 4.78 is 41.7. The third-order valence-corrected chi connectivity index (χ3v) is 7.11. The molecule has 0 aliphatic heterocycles. The van der Waals surface area contributed by atoms with Crippen molar-refractivity contribution >= 4 is 32.4 Å². The van der Waals surface area contributed by atoms with E-state index in [1.165, 1.54) is 28.6 Å². The number of unbranched alkanes of at least 4 members (excludes halogenated alkanes) is 2. The molecule has 7 heteroatoms. The molecule has 0 fully saturated rings. The Morgan fingerprint density at radius 3 is 2.38 bits per heavy atom. The van der Waals surface area contributed by atoms with Gasteiger partial charge in [0.05, 0.1) is 10.6 Å². The van der Waals surface area contributed by atoms with E-state index >= 15 is 0 Å². The Morgan fingerprint density at radius 2 is 1.66 bits per heavy atom. The molecule has 0 saturated carbocycles. The van der Waals surface area contributed by atoms with Gasteiger partial charge in [0, 0.05) is 19.5 Å². The number of carbonyl (C=O) groups excluding carboxylic acids is 1. The summed E-state index contributed by atoms with van der Waals surface area (Å²) in [7, 11) is -3.88. The summed E-state index contributed by atoms with van der Waals surface area (Å²) >= 11 is 0. The summed E-state index contributed by atoms with van der Waals surface area (Å²) in [5.41, 5.74) is 0.383. The third-order valence-electron chi connectivity index (χ3n) is 5.29. The number of nitrogens with zero attached hydrogens (tertiary/aromatic N) is 1. The molecule has 3 rings (SSSR count). The van der Waals surface area contributed by atoms with Crippen molar-refractivity contribution in [1.29, 1.82) is 0 Å². The van der Waals surface area contributed by atoms with Gasteiger partial charge in [0.2, 0.25) is 5.91 Å². The molecule has 0 heterocycles. The highest BCUT2D eigenvalue weighted by atomic mass is 32.2. The second-order valence-electron chi connectivity index (χ2n) is 7.72. The molecular formula is C25H29FN2O3S. The van der Waals surface area contributed by atoms with Crippen LogP contribution in [0.4, 0.5) is 10.1 Å². The van der Waals surface area contributed by atoms with Crippen LogP contribution >= 0.6 is 0 Å². The van der Waals surface area contributed by atoms with Gasteiger partial charge >= 0.3 is 0 Å². The Kier molecular flexibility index (Phi) is 8.22. The smallest absolute Gasteiger partial charge is 0.264 e. The van der Waals surface area contributed by atoms with Gasteiger partial charge in [0.1, 0.15) is 5.82 Å². The molecule has 0 saturated heterocycles. The van der Waals surface area contributed by atoms with Crippen LogP contribution in [0.5, 0.6) is 0 Å². The van der Waals surface area contributed by atoms with Gasteiger partial charge in [-0.3, -0.25) is 9.10 Å². The first-order valence-corrected chi connectivity index (χ1v) is 12.4.